The first kappa shape index (κ1) is 15.4. The normalized spacial score (nSPS) is 13.7. The maximum absolute atomic E-state index is 12.8. The van der Waals surface area contributed by atoms with Crippen molar-refractivity contribution >= 4 is 17.1 Å². The number of ether oxygens (including phenoxy) is 1. The third-order valence-corrected chi connectivity index (χ3v) is 4.21. The predicted octanol–water partition coefficient (Wildman–Crippen LogP) is 4.96. The van der Waals surface area contributed by atoms with Gasteiger partial charge < -0.3 is 4.74 Å². The summed E-state index contributed by atoms with van der Waals surface area (Å²) in [5, 5.41) is 0. The van der Waals surface area contributed by atoms with E-state index >= 15 is 0 Å². The Hall–Kier alpha value is -3.14. The SMILES string of the molecule is O=C(OCC1=CCCC=C1)n1c(-c2ccccc2)nc2ccccc21. The molecule has 0 spiro atoms. The molecule has 4 heteroatoms. The van der Waals surface area contributed by atoms with Gasteiger partial charge in [0.2, 0.25) is 0 Å². The first-order valence-electron chi connectivity index (χ1n) is 8.38. The summed E-state index contributed by atoms with van der Waals surface area (Å²) in [6.45, 7) is 0.274. The van der Waals surface area contributed by atoms with Gasteiger partial charge >= 0.3 is 6.09 Å². The van der Waals surface area contributed by atoms with Crippen LogP contribution in [0.1, 0.15) is 12.8 Å². The van der Waals surface area contributed by atoms with Crippen molar-refractivity contribution in [2.75, 3.05) is 6.61 Å². The van der Waals surface area contributed by atoms with E-state index in [4.69, 9.17) is 4.74 Å². The molecule has 124 valence electrons. The van der Waals surface area contributed by atoms with Crippen LogP contribution >= 0.6 is 0 Å². The maximum Gasteiger partial charge on any atom is 0.420 e. The van der Waals surface area contributed by atoms with Gasteiger partial charge in [0, 0.05) is 5.56 Å². The van der Waals surface area contributed by atoms with E-state index in [0.29, 0.717) is 5.82 Å². The number of imidazole rings is 1. The molecule has 1 aromatic heterocycles. The lowest BCUT2D eigenvalue weighted by atomic mass is 10.1. The van der Waals surface area contributed by atoms with E-state index in [1.54, 1.807) is 4.57 Å². The number of allylic oxidation sites excluding steroid dienone is 2. The van der Waals surface area contributed by atoms with Gasteiger partial charge in [0.15, 0.2) is 5.82 Å². The van der Waals surface area contributed by atoms with Crippen LogP contribution in [0.15, 0.2) is 78.4 Å². The number of hydrogen-bond acceptors (Lipinski definition) is 3. The molecule has 1 aliphatic rings. The molecule has 0 fully saturated rings. The summed E-state index contributed by atoms with van der Waals surface area (Å²) < 4.78 is 7.11. The van der Waals surface area contributed by atoms with Crippen LogP contribution in [-0.4, -0.2) is 22.3 Å². The van der Waals surface area contributed by atoms with E-state index in [1.165, 1.54) is 0 Å². The molecular weight excluding hydrogens is 312 g/mol. The number of nitrogens with zero attached hydrogens (tertiary/aromatic N) is 2. The van der Waals surface area contributed by atoms with Gasteiger partial charge in [-0.1, -0.05) is 60.7 Å². The van der Waals surface area contributed by atoms with Gasteiger partial charge in [0.25, 0.3) is 0 Å². The van der Waals surface area contributed by atoms with Crippen LogP contribution in [0.3, 0.4) is 0 Å². The zero-order valence-electron chi connectivity index (χ0n) is 13.8. The number of fused-ring (bicyclic) bond motifs is 1. The summed E-state index contributed by atoms with van der Waals surface area (Å²) in [6, 6.07) is 17.3. The Morgan fingerprint density at radius 3 is 2.64 bits per heavy atom. The minimum atomic E-state index is -0.410. The Labute approximate surface area is 146 Å². The molecule has 0 unspecified atom stereocenters. The number of benzene rings is 2. The van der Waals surface area contributed by atoms with Crippen molar-refractivity contribution in [2.24, 2.45) is 0 Å². The van der Waals surface area contributed by atoms with E-state index < -0.39 is 6.09 Å². The molecule has 0 atom stereocenters. The molecule has 0 amide bonds. The maximum atomic E-state index is 12.8. The summed E-state index contributed by atoms with van der Waals surface area (Å²) >= 11 is 0. The topological polar surface area (TPSA) is 44.1 Å². The first-order valence-corrected chi connectivity index (χ1v) is 8.38. The summed E-state index contributed by atoms with van der Waals surface area (Å²) in [7, 11) is 0. The van der Waals surface area contributed by atoms with Crippen LogP contribution < -0.4 is 0 Å². The molecule has 0 bridgehead atoms. The van der Waals surface area contributed by atoms with Crippen LogP contribution in [0.25, 0.3) is 22.4 Å². The third kappa shape index (κ3) is 3.11. The largest absolute Gasteiger partial charge is 0.444 e. The lowest BCUT2D eigenvalue weighted by molar-refractivity contribution is 0.159. The van der Waals surface area contributed by atoms with Gasteiger partial charge in [-0.2, -0.15) is 0 Å². The Morgan fingerprint density at radius 2 is 1.84 bits per heavy atom. The van der Waals surface area contributed by atoms with Crippen LogP contribution in [0.2, 0.25) is 0 Å². The van der Waals surface area contributed by atoms with Crippen molar-refractivity contribution < 1.29 is 9.53 Å². The van der Waals surface area contributed by atoms with E-state index in [0.717, 1.165) is 35.0 Å². The molecule has 4 rings (SSSR count). The van der Waals surface area contributed by atoms with Crippen LogP contribution in [0, 0.1) is 0 Å². The van der Waals surface area contributed by atoms with E-state index in [1.807, 2.05) is 60.7 Å². The zero-order chi connectivity index (χ0) is 17.1. The Balaban J connectivity index is 1.70. The highest BCUT2D eigenvalue weighted by Crippen LogP contribution is 2.25. The number of carbonyl (C=O) groups is 1. The molecule has 2 aromatic carbocycles. The second-order valence-electron chi connectivity index (χ2n) is 5.94. The van der Waals surface area contributed by atoms with Gasteiger partial charge in [0.05, 0.1) is 11.0 Å². The second kappa shape index (κ2) is 6.77. The molecular formula is C21H18N2O2. The molecule has 0 saturated carbocycles. The average molecular weight is 330 g/mol. The highest BCUT2D eigenvalue weighted by atomic mass is 16.5. The molecule has 0 aliphatic heterocycles. The fraction of sp³-hybridized carbons (Fsp3) is 0.143. The molecule has 1 heterocycles. The van der Waals surface area contributed by atoms with Crippen LogP contribution in [0.5, 0.6) is 0 Å². The number of rotatable bonds is 3. The molecule has 3 aromatic rings. The molecule has 0 saturated heterocycles. The highest BCUT2D eigenvalue weighted by Gasteiger charge is 2.19. The number of aromatic nitrogens is 2. The fourth-order valence-electron chi connectivity index (χ4n) is 2.98. The van der Waals surface area contributed by atoms with E-state index in [9.17, 15) is 4.79 Å². The van der Waals surface area contributed by atoms with Gasteiger partial charge in [0.1, 0.15) is 6.61 Å². The van der Waals surface area contributed by atoms with E-state index in [-0.39, 0.29) is 6.61 Å². The summed E-state index contributed by atoms with van der Waals surface area (Å²) in [6.07, 6.45) is 7.85. The van der Waals surface area contributed by atoms with Crippen molar-refractivity contribution in [2.45, 2.75) is 12.8 Å². The lowest BCUT2D eigenvalue weighted by Gasteiger charge is -2.11. The lowest BCUT2D eigenvalue weighted by Crippen LogP contribution is -2.16. The van der Waals surface area contributed by atoms with E-state index in [2.05, 4.69) is 17.1 Å². The predicted molar refractivity (Wildman–Crippen MR) is 98.4 cm³/mol. The van der Waals surface area contributed by atoms with Crippen molar-refractivity contribution in [1.29, 1.82) is 0 Å². The molecule has 25 heavy (non-hydrogen) atoms. The first-order chi connectivity index (χ1) is 12.3. The quantitative estimate of drug-likeness (QED) is 0.681. The standard InChI is InChI=1S/C21H18N2O2/c24-21(25-15-16-9-3-1-4-10-16)23-19-14-8-7-13-18(19)22-20(23)17-11-5-2-6-12-17/h2-3,5-14H,1,4,15H2. The minimum absolute atomic E-state index is 0.274. The second-order valence-corrected chi connectivity index (χ2v) is 5.94. The van der Waals surface area contributed by atoms with Crippen molar-refractivity contribution in [3.05, 3.63) is 78.4 Å². The minimum Gasteiger partial charge on any atom is -0.444 e. The molecule has 4 nitrogen and oxygen atoms in total. The average Bonchev–Trinajstić information content (AvgIpc) is 3.07. The Morgan fingerprint density at radius 1 is 1.04 bits per heavy atom. The van der Waals surface area contributed by atoms with Crippen LogP contribution in [-0.2, 0) is 4.74 Å². The zero-order valence-corrected chi connectivity index (χ0v) is 13.8. The third-order valence-electron chi connectivity index (χ3n) is 4.21. The molecule has 0 N–H and O–H groups in total. The summed E-state index contributed by atoms with van der Waals surface area (Å²) in [5.74, 6) is 0.597. The fourth-order valence-corrected chi connectivity index (χ4v) is 2.98. The van der Waals surface area contributed by atoms with Gasteiger partial charge in [-0.3, -0.25) is 0 Å². The van der Waals surface area contributed by atoms with Gasteiger partial charge in [-0.05, 0) is 30.5 Å². The van der Waals surface area contributed by atoms with Crippen molar-refractivity contribution in [1.82, 2.24) is 9.55 Å². The Bertz CT molecular complexity index is 968. The van der Waals surface area contributed by atoms with Crippen molar-refractivity contribution in [3.8, 4) is 11.4 Å². The molecule has 0 radical (unpaired) electrons. The van der Waals surface area contributed by atoms with Crippen molar-refractivity contribution in [3.63, 3.8) is 0 Å². The van der Waals surface area contributed by atoms with Crippen LogP contribution in [0.4, 0.5) is 4.79 Å². The highest BCUT2D eigenvalue weighted by molar-refractivity contribution is 5.91. The monoisotopic (exact) mass is 330 g/mol. The molecule has 1 aliphatic carbocycles. The summed E-state index contributed by atoms with van der Waals surface area (Å²) in [4.78, 5) is 17.4. The number of para-hydroxylation sites is 2. The summed E-state index contributed by atoms with van der Waals surface area (Å²) in [5.41, 5.74) is 3.44. The Kier molecular flexibility index (Phi) is 4.17. The smallest absolute Gasteiger partial charge is 0.420 e. The number of carbonyl (C=O) groups excluding carboxylic acids is 1. The van der Waals surface area contributed by atoms with Gasteiger partial charge in [-0.25, -0.2) is 14.3 Å². The van der Waals surface area contributed by atoms with Gasteiger partial charge in [-0.15, -0.1) is 0 Å². The number of hydrogen-bond donors (Lipinski definition) is 0.